The highest BCUT2D eigenvalue weighted by Gasteiger charge is 2.49. The van der Waals surface area contributed by atoms with Crippen LogP contribution >= 0.6 is 0 Å². The van der Waals surface area contributed by atoms with Gasteiger partial charge in [-0.05, 0) is 155 Å². The van der Waals surface area contributed by atoms with Gasteiger partial charge in [-0.2, -0.15) is 0 Å². The molecule has 4 aliphatic heterocycles. The lowest BCUT2D eigenvalue weighted by Gasteiger charge is -2.48. The Balaban J connectivity index is 0.881. The number of nitrogens with one attached hydrogen (secondary N) is 2. The van der Waals surface area contributed by atoms with E-state index in [9.17, 15) is 28.8 Å². The Labute approximate surface area is 329 Å². The zero-order chi connectivity index (χ0) is 40.5. The van der Waals surface area contributed by atoms with E-state index in [1.165, 1.54) is 21.9 Å². The van der Waals surface area contributed by atoms with Crippen LogP contribution in [0.5, 0.6) is 0 Å². The normalized spacial score (nSPS) is 25.6. The molecule has 56 heavy (non-hydrogen) atoms. The van der Waals surface area contributed by atoms with Crippen LogP contribution in [-0.2, 0) is 9.47 Å². The Bertz CT molecular complexity index is 1820. The summed E-state index contributed by atoms with van der Waals surface area (Å²) in [5.41, 5.74) is 0.580. The standard InChI is InChI=1S/C44H56N4O8/c1-41(2)19-29(20-42(3,4)45-41)47-35(49)31-15-13-27(17-33(31)37(47)51)39(53)55-23-25-9-11-26(12-10-25)24-56-40(54)28-14-16-32-34(18-28)38(52)48(36(32)50)30-21-43(5,6)46-44(7,8)22-30/h13-18,25-26,29-30,45-46H,9-12,19-24H2,1-8H3. The summed E-state index contributed by atoms with van der Waals surface area (Å²) < 4.78 is 11.4. The van der Waals surface area contributed by atoms with Crippen LogP contribution in [0, 0.1) is 11.8 Å². The van der Waals surface area contributed by atoms with Crippen LogP contribution in [0.25, 0.3) is 0 Å². The second kappa shape index (κ2) is 14.2. The fourth-order valence-electron chi connectivity index (χ4n) is 10.5. The number of imide groups is 2. The minimum absolute atomic E-state index is 0.143. The zero-order valence-corrected chi connectivity index (χ0v) is 34.0. The average Bonchev–Trinajstić information content (AvgIpc) is 3.50. The first-order chi connectivity index (χ1) is 26.1. The molecule has 300 valence electrons. The summed E-state index contributed by atoms with van der Waals surface area (Å²) in [6.07, 6.45) is 5.71. The zero-order valence-electron chi connectivity index (χ0n) is 34.0. The van der Waals surface area contributed by atoms with Crippen molar-refractivity contribution < 1.29 is 38.2 Å². The molecular formula is C44H56N4O8. The Morgan fingerprint density at radius 2 is 0.839 bits per heavy atom. The van der Waals surface area contributed by atoms with E-state index in [-0.39, 0.29) is 105 Å². The lowest BCUT2D eigenvalue weighted by molar-refractivity contribution is 0.0297. The monoisotopic (exact) mass is 768 g/mol. The molecule has 0 atom stereocenters. The first-order valence-corrected chi connectivity index (χ1v) is 20.1. The lowest BCUT2D eigenvalue weighted by atomic mass is 9.79. The van der Waals surface area contributed by atoms with Gasteiger partial charge in [-0.1, -0.05) is 0 Å². The Morgan fingerprint density at radius 3 is 1.16 bits per heavy atom. The van der Waals surface area contributed by atoms with E-state index < -0.39 is 11.9 Å². The van der Waals surface area contributed by atoms with Gasteiger partial charge in [-0.25, -0.2) is 9.59 Å². The molecule has 12 nitrogen and oxygen atoms in total. The summed E-state index contributed by atoms with van der Waals surface area (Å²) in [5.74, 6) is -2.17. The molecule has 1 aliphatic carbocycles. The number of benzene rings is 2. The van der Waals surface area contributed by atoms with E-state index in [1.807, 2.05) is 0 Å². The summed E-state index contributed by atoms with van der Waals surface area (Å²) >= 11 is 0. The molecule has 0 aromatic heterocycles. The summed E-state index contributed by atoms with van der Waals surface area (Å²) in [5, 5.41) is 7.18. The number of esters is 2. The highest BCUT2D eigenvalue weighted by Crippen LogP contribution is 2.38. The number of hydrogen-bond acceptors (Lipinski definition) is 10. The van der Waals surface area contributed by atoms with Gasteiger partial charge in [-0.15, -0.1) is 0 Å². The third-order valence-electron chi connectivity index (χ3n) is 12.2. The molecule has 7 rings (SSSR count). The molecule has 2 aromatic carbocycles. The number of fused-ring (bicyclic) bond motifs is 2. The minimum Gasteiger partial charge on any atom is -0.462 e. The molecule has 4 amide bonds. The molecule has 4 heterocycles. The molecule has 5 aliphatic rings. The number of amides is 4. The van der Waals surface area contributed by atoms with E-state index in [4.69, 9.17) is 9.47 Å². The molecule has 0 unspecified atom stereocenters. The van der Waals surface area contributed by atoms with Crippen molar-refractivity contribution >= 4 is 35.6 Å². The molecule has 3 fully saturated rings. The topological polar surface area (TPSA) is 151 Å². The van der Waals surface area contributed by atoms with Crippen molar-refractivity contribution in [3.05, 3.63) is 69.8 Å². The van der Waals surface area contributed by atoms with Crippen LogP contribution < -0.4 is 10.6 Å². The molecule has 0 bridgehead atoms. The van der Waals surface area contributed by atoms with Crippen LogP contribution in [0.4, 0.5) is 0 Å². The minimum atomic E-state index is -0.534. The van der Waals surface area contributed by atoms with E-state index in [1.54, 1.807) is 24.3 Å². The SMILES string of the molecule is CC1(C)CC(N2C(=O)c3ccc(C(=O)OCC4CCC(COC(=O)c5ccc6c(c5)C(=O)N(C5CC(C)(C)NC(C)(C)C5)C6=O)CC4)cc3C2=O)CC(C)(C)N1. The Morgan fingerprint density at radius 1 is 0.536 bits per heavy atom. The second-order valence-electron chi connectivity index (χ2n) is 19.5. The number of ether oxygens (including phenoxy) is 2. The van der Waals surface area contributed by atoms with Crippen molar-refractivity contribution in [3.8, 4) is 0 Å². The van der Waals surface area contributed by atoms with E-state index in [0.29, 0.717) is 36.8 Å². The Kier molecular flexibility index (Phi) is 10.1. The fourth-order valence-corrected chi connectivity index (χ4v) is 10.5. The molecule has 1 saturated carbocycles. The maximum absolute atomic E-state index is 13.6. The maximum Gasteiger partial charge on any atom is 0.338 e. The number of carbonyl (C=O) groups is 6. The van der Waals surface area contributed by atoms with Crippen molar-refractivity contribution in [3.63, 3.8) is 0 Å². The second-order valence-corrected chi connectivity index (χ2v) is 19.5. The van der Waals surface area contributed by atoms with Gasteiger partial charge < -0.3 is 20.1 Å². The lowest BCUT2D eigenvalue weighted by Crippen LogP contribution is -2.62. The van der Waals surface area contributed by atoms with Gasteiger partial charge in [0.15, 0.2) is 0 Å². The third-order valence-corrected chi connectivity index (χ3v) is 12.2. The summed E-state index contributed by atoms with van der Waals surface area (Å²) in [7, 11) is 0. The summed E-state index contributed by atoms with van der Waals surface area (Å²) in [6.45, 7) is 17.0. The van der Waals surface area contributed by atoms with Gasteiger partial charge in [0.2, 0.25) is 0 Å². The largest absolute Gasteiger partial charge is 0.462 e. The number of carbonyl (C=O) groups excluding carboxylic acids is 6. The highest BCUT2D eigenvalue weighted by atomic mass is 16.5. The van der Waals surface area contributed by atoms with E-state index in [2.05, 4.69) is 66.0 Å². The van der Waals surface area contributed by atoms with Crippen molar-refractivity contribution in [1.29, 1.82) is 0 Å². The predicted octanol–water partition coefficient (Wildman–Crippen LogP) is 6.32. The number of hydrogen-bond donors (Lipinski definition) is 2. The summed E-state index contributed by atoms with van der Waals surface area (Å²) in [6, 6.07) is 8.69. The van der Waals surface area contributed by atoms with Crippen molar-refractivity contribution in [2.45, 2.75) is 141 Å². The highest BCUT2D eigenvalue weighted by molar-refractivity contribution is 6.23. The smallest absolute Gasteiger partial charge is 0.338 e. The van der Waals surface area contributed by atoms with Crippen LogP contribution in [0.15, 0.2) is 36.4 Å². The first kappa shape index (κ1) is 39.8. The van der Waals surface area contributed by atoms with Gasteiger partial charge in [0.1, 0.15) is 0 Å². The number of rotatable bonds is 8. The third kappa shape index (κ3) is 7.92. The number of nitrogens with zero attached hydrogens (tertiary/aromatic N) is 2. The Hall–Kier alpha value is -4.42. The fraction of sp³-hybridized carbons (Fsp3) is 0.591. The van der Waals surface area contributed by atoms with Gasteiger partial charge in [0, 0.05) is 34.2 Å². The first-order valence-electron chi connectivity index (χ1n) is 20.1. The van der Waals surface area contributed by atoms with Crippen LogP contribution in [0.2, 0.25) is 0 Å². The quantitative estimate of drug-likeness (QED) is 0.231. The number of piperidine rings is 2. The maximum atomic E-state index is 13.6. The van der Waals surface area contributed by atoms with Crippen molar-refractivity contribution in [2.75, 3.05) is 13.2 Å². The van der Waals surface area contributed by atoms with Gasteiger partial charge in [0.25, 0.3) is 23.6 Å². The summed E-state index contributed by atoms with van der Waals surface area (Å²) in [4.78, 5) is 82.9. The van der Waals surface area contributed by atoms with Crippen molar-refractivity contribution in [1.82, 2.24) is 20.4 Å². The van der Waals surface area contributed by atoms with Crippen LogP contribution in [0.1, 0.15) is 169 Å². The molecule has 0 spiro atoms. The molecule has 0 radical (unpaired) electrons. The van der Waals surface area contributed by atoms with Gasteiger partial charge in [0.05, 0.1) is 46.6 Å². The molecular weight excluding hydrogens is 713 g/mol. The average molecular weight is 769 g/mol. The van der Waals surface area contributed by atoms with E-state index >= 15 is 0 Å². The van der Waals surface area contributed by atoms with Gasteiger partial charge in [-0.3, -0.25) is 29.0 Å². The van der Waals surface area contributed by atoms with Crippen molar-refractivity contribution in [2.24, 2.45) is 11.8 Å². The molecule has 12 heteroatoms. The van der Waals surface area contributed by atoms with E-state index in [0.717, 1.165) is 25.7 Å². The van der Waals surface area contributed by atoms with Crippen LogP contribution in [-0.4, -0.2) is 92.8 Å². The molecule has 2 saturated heterocycles. The van der Waals surface area contributed by atoms with Gasteiger partial charge >= 0.3 is 11.9 Å². The van der Waals surface area contributed by atoms with Crippen LogP contribution in [0.3, 0.4) is 0 Å². The predicted molar refractivity (Wildman–Crippen MR) is 209 cm³/mol. The molecule has 2 aromatic rings. The molecule has 2 N–H and O–H groups in total.